The van der Waals surface area contributed by atoms with Gasteiger partial charge in [0.1, 0.15) is 0 Å². The molecular weight excluding hydrogens is 296 g/mol. The number of carbonyl (C=O) groups excluding carboxylic acids is 1. The summed E-state index contributed by atoms with van der Waals surface area (Å²) in [7, 11) is 2.10. The van der Waals surface area contributed by atoms with E-state index < -0.39 is 0 Å². The van der Waals surface area contributed by atoms with Crippen molar-refractivity contribution < 1.29 is 4.79 Å². The van der Waals surface area contributed by atoms with Gasteiger partial charge in [-0.15, -0.1) is 0 Å². The molecule has 1 unspecified atom stereocenters. The first kappa shape index (κ1) is 19.0. The van der Waals surface area contributed by atoms with Crippen molar-refractivity contribution in [2.75, 3.05) is 20.1 Å². The van der Waals surface area contributed by atoms with E-state index in [1.54, 1.807) is 0 Å². The molecule has 1 aromatic rings. The molecule has 1 atom stereocenters. The lowest BCUT2D eigenvalue weighted by molar-refractivity contribution is -0.122. The van der Waals surface area contributed by atoms with Gasteiger partial charge in [-0.3, -0.25) is 4.79 Å². The molecule has 3 nitrogen and oxygen atoms in total. The van der Waals surface area contributed by atoms with Crippen LogP contribution in [0.2, 0.25) is 0 Å². The van der Waals surface area contributed by atoms with Crippen molar-refractivity contribution in [2.24, 2.45) is 0 Å². The standard InChI is InChI=1S/C21H34N2O/c1-4-6-14-23(3)15-13-21(24)22-20(5-2)19-12-11-17-9-7-8-10-18(17)16-19/h11-12,16,20H,4-10,13-15H2,1-3H3,(H,22,24). The van der Waals surface area contributed by atoms with Crippen LogP contribution in [0.5, 0.6) is 0 Å². The number of amides is 1. The van der Waals surface area contributed by atoms with Crippen LogP contribution in [0.4, 0.5) is 0 Å². The second-order valence-corrected chi connectivity index (χ2v) is 7.17. The molecule has 0 saturated carbocycles. The van der Waals surface area contributed by atoms with Crippen molar-refractivity contribution in [3.05, 3.63) is 34.9 Å². The average molecular weight is 331 g/mol. The number of carbonyl (C=O) groups is 1. The number of hydrogen-bond acceptors (Lipinski definition) is 2. The molecule has 0 bridgehead atoms. The number of unbranched alkanes of at least 4 members (excludes halogenated alkanes) is 1. The summed E-state index contributed by atoms with van der Waals surface area (Å²) < 4.78 is 0. The van der Waals surface area contributed by atoms with Gasteiger partial charge in [-0.25, -0.2) is 0 Å². The molecule has 1 N–H and O–H groups in total. The van der Waals surface area contributed by atoms with Crippen molar-refractivity contribution in [3.63, 3.8) is 0 Å². The Labute approximate surface area is 147 Å². The Morgan fingerprint density at radius 3 is 2.62 bits per heavy atom. The van der Waals surface area contributed by atoms with Crippen LogP contribution in [0.25, 0.3) is 0 Å². The van der Waals surface area contributed by atoms with Crippen LogP contribution < -0.4 is 5.32 Å². The zero-order valence-electron chi connectivity index (χ0n) is 15.7. The van der Waals surface area contributed by atoms with Gasteiger partial charge in [0.15, 0.2) is 0 Å². The minimum atomic E-state index is 0.144. The maximum Gasteiger partial charge on any atom is 0.221 e. The van der Waals surface area contributed by atoms with Crippen molar-refractivity contribution in [3.8, 4) is 0 Å². The monoisotopic (exact) mass is 330 g/mol. The Bertz CT molecular complexity index is 527. The van der Waals surface area contributed by atoms with Gasteiger partial charge in [0.25, 0.3) is 0 Å². The van der Waals surface area contributed by atoms with Crippen molar-refractivity contribution in [1.82, 2.24) is 10.2 Å². The Hall–Kier alpha value is -1.35. The van der Waals surface area contributed by atoms with Gasteiger partial charge in [-0.2, -0.15) is 0 Å². The summed E-state index contributed by atoms with van der Waals surface area (Å²) >= 11 is 0. The van der Waals surface area contributed by atoms with Crippen LogP contribution in [-0.2, 0) is 17.6 Å². The summed E-state index contributed by atoms with van der Waals surface area (Å²) in [6.45, 7) is 6.26. The van der Waals surface area contributed by atoms with Crippen LogP contribution in [0.15, 0.2) is 18.2 Å². The van der Waals surface area contributed by atoms with E-state index >= 15 is 0 Å². The third-order valence-electron chi connectivity index (χ3n) is 5.13. The maximum atomic E-state index is 12.3. The number of rotatable bonds is 9. The fourth-order valence-corrected chi connectivity index (χ4v) is 3.49. The molecule has 2 rings (SSSR count). The largest absolute Gasteiger partial charge is 0.349 e. The highest BCUT2D eigenvalue weighted by Gasteiger charge is 2.16. The predicted molar refractivity (Wildman–Crippen MR) is 101 cm³/mol. The second-order valence-electron chi connectivity index (χ2n) is 7.17. The van der Waals surface area contributed by atoms with E-state index in [1.807, 2.05) is 0 Å². The van der Waals surface area contributed by atoms with E-state index in [0.717, 1.165) is 19.5 Å². The highest BCUT2D eigenvalue weighted by Crippen LogP contribution is 2.26. The molecule has 3 heteroatoms. The fourth-order valence-electron chi connectivity index (χ4n) is 3.49. The highest BCUT2D eigenvalue weighted by molar-refractivity contribution is 5.76. The quantitative estimate of drug-likeness (QED) is 0.734. The number of nitrogens with zero attached hydrogens (tertiary/aromatic N) is 1. The van der Waals surface area contributed by atoms with Crippen molar-refractivity contribution in [1.29, 1.82) is 0 Å². The third kappa shape index (κ3) is 5.62. The predicted octanol–water partition coefficient (Wildman–Crippen LogP) is 4.25. The second kappa shape index (κ2) is 9.83. The molecule has 134 valence electrons. The summed E-state index contributed by atoms with van der Waals surface area (Å²) in [5.74, 6) is 0.169. The third-order valence-corrected chi connectivity index (χ3v) is 5.13. The Morgan fingerprint density at radius 1 is 1.17 bits per heavy atom. The SMILES string of the molecule is CCCCN(C)CCC(=O)NC(CC)c1ccc2c(c1)CCCC2. The summed E-state index contributed by atoms with van der Waals surface area (Å²) in [4.78, 5) is 14.6. The summed E-state index contributed by atoms with van der Waals surface area (Å²) in [5, 5.41) is 3.24. The number of benzene rings is 1. The lowest BCUT2D eigenvalue weighted by Crippen LogP contribution is -2.32. The maximum absolute atomic E-state index is 12.3. The highest BCUT2D eigenvalue weighted by atomic mass is 16.1. The fraction of sp³-hybridized carbons (Fsp3) is 0.667. The van der Waals surface area contributed by atoms with Gasteiger partial charge < -0.3 is 10.2 Å². The molecular formula is C21H34N2O. The van der Waals surface area contributed by atoms with Gasteiger partial charge in [0, 0.05) is 13.0 Å². The van der Waals surface area contributed by atoms with E-state index in [1.165, 1.54) is 55.2 Å². The van der Waals surface area contributed by atoms with Gasteiger partial charge in [-0.05, 0) is 68.8 Å². The van der Waals surface area contributed by atoms with E-state index in [2.05, 4.69) is 49.3 Å². The van der Waals surface area contributed by atoms with Crippen molar-refractivity contribution in [2.45, 2.75) is 71.3 Å². The first-order valence-electron chi connectivity index (χ1n) is 9.73. The minimum Gasteiger partial charge on any atom is -0.349 e. The molecule has 0 aliphatic heterocycles. The molecule has 0 fully saturated rings. The van der Waals surface area contributed by atoms with Gasteiger partial charge >= 0.3 is 0 Å². The zero-order chi connectivity index (χ0) is 17.4. The molecule has 0 heterocycles. The number of hydrogen-bond donors (Lipinski definition) is 1. The van der Waals surface area contributed by atoms with Gasteiger partial charge in [-0.1, -0.05) is 38.5 Å². The summed E-state index contributed by atoms with van der Waals surface area (Å²) in [6.07, 6.45) is 8.93. The molecule has 0 radical (unpaired) electrons. The topological polar surface area (TPSA) is 32.3 Å². The molecule has 0 spiro atoms. The Balaban J connectivity index is 1.88. The lowest BCUT2D eigenvalue weighted by Gasteiger charge is -2.22. The number of nitrogens with one attached hydrogen (secondary N) is 1. The van der Waals surface area contributed by atoms with E-state index in [9.17, 15) is 4.79 Å². The number of aryl methyl sites for hydroxylation is 2. The minimum absolute atomic E-state index is 0.144. The molecule has 24 heavy (non-hydrogen) atoms. The first-order chi connectivity index (χ1) is 11.6. The number of fused-ring (bicyclic) bond motifs is 1. The van der Waals surface area contributed by atoms with Crippen LogP contribution in [0, 0.1) is 0 Å². The van der Waals surface area contributed by atoms with Gasteiger partial charge in [0.05, 0.1) is 6.04 Å². The molecule has 0 aromatic heterocycles. The molecule has 1 aliphatic rings. The first-order valence-corrected chi connectivity index (χ1v) is 9.73. The summed E-state index contributed by atoms with van der Waals surface area (Å²) in [6, 6.07) is 6.96. The van der Waals surface area contributed by atoms with Crippen LogP contribution in [0.1, 0.15) is 75.1 Å². The average Bonchev–Trinajstić information content (AvgIpc) is 2.62. The Morgan fingerprint density at radius 2 is 1.92 bits per heavy atom. The van der Waals surface area contributed by atoms with Gasteiger partial charge in [0.2, 0.25) is 5.91 Å². The van der Waals surface area contributed by atoms with Crippen LogP contribution in [-0.4, -0.2) is 30.9 Å². The van der Waals surface area contributed by atoms with E-state index in [-0.39, 0.29) is 11.9 Å². The van der Waals surface area contributed by atoms with Crippen LogP contribution in [0.3, 0.4) is 0 Å². The lowest BCUT2D eigenvalue weighted by atomic mass is 9.89. The molecule has 1 amide bonds. The Kier molecular flexibility index (Phi) is 7.77. The summed E-state index contributed by atoms with van der Waals surface area (Å²) in [5.41, 5.74) is 4.26. The zero-order valence-corrected chi connectivity index (χ0v) is 15.7. The smallest absolute Gasteiger partial charge is 0.221 e. The van der Waals surface area contributed by atoms with Crippen molar-refractivity contribution >= 4 is 5.91 Å². The van der Waals surface area contributed by atoms with E-state index in [0.29, 0.717) is 6.42 Å². The molecule has 0 saturated heterocycles. The van der Waals surface area contributed by atoms with E-state index in [4.69, 9.17) is 0 Å². The molecule has 1 aliphatic carbocycles. The normalized spacial score (nSPS) is 15.2. The molecule has 1 aromatic carbocycles. The van der Waals surface area contributed by atoms with Crippen LogP contribution >= 0.6 is 0 Å².